The molecule has 0 spiro atoms. The summed E-state index contributed by atoms with van der Waals surface area (Å²) in [6.45, 7) is 25.5. The molecule has 3 nitrogen and oxygen atoms in total. The van der Waals surface area contributed by atoms with Crippen LogP contribution < -0.4 is 15.9 Å². The van der Waals surface area contributed by atoms with E-state index in [2.05, 4.69) is 207 Å². The van der Waals surface area contributed by atoms with Crippen LogP contribution in [-0.2, 0) is 21.7 Å². The van der Waals surface area contributed by atoms with Gasteiger partial charge in [0, 0.05) is 58.7 Å². The molecule has 10 aromatic rings. The van der Waals surface area contributed by atoms with Gasteiger partial charge in [0.25, 0.3) is 0 Å². The van der Waals surface area contributed by atoms with Gasteiger partial charge in [-0.2, -0.15) is 0 Å². The van der Waals surface area contributed by atoms with Crippen molar-refractivity contribution in [3.05, 3.63) is 149 Å². The molecule has 0 fully saturated rings. The number of anilines is 2. The Morgan fingerprint density at radius 1 is 0.531 bits per heavy atom. The van der Waals surface area contributed by atoms with Gasteiger partial charge in [-0.1, -0.05) is 143 Å². The number of fused-ring (bicyclic) bond motifs is 16. The molecule has 7 aromatic carbocycles. The lowest BCUT2D eigenvalue weighted by atomic mass is 9.46. The van der Waals surface area contributed by atoms with E-state index < -0.39 is 0 Å². The van der Waals surface area contributed by atoms with E-state index in [1.807, 2.05) is 11.3 Å². The largest absolute Gasteiger partial charge is 0.466 e. The van der Waals surface area contributed by atoms with Crippen LogP contribution in [0.1, 0.15) is 104 Å². The summed E-state index contributed by atoms with van der Waals surface area (Å²) < 4.78 is 12.7. The SMILES string of the molecule is CC(C)(C)c1ccc(N2B3c4oc5ccc(C(C)(C)C)cc5c4-n4c5cc6c(cc5c5ccc(c3c54)-c3cc4c(cc32)-c2ccc(C(C)(C)C)cc2C4(C)C)sc2ccccc26)cc1. The molecule has 5 heterocycles. The Balaban J connectivity index is 1.18. The first-order valence-corrected chi connectivity index (χ1v) is 23.9. The maximum Gasteiger partial charge on any atom is 0.375 e. The van der Waals surface area contributed by atoms with Crippen LogP contribution in [0.5, 0.6) is 0 Å². The molecule has 0 amide bonds. The highest BCUT2D eigenvalue weighted by molar-refractivity contribution is 7.25. The number of hydrogen-bond acceptors (Lipinski definition) is 3. The highest BCUT2D eigenvalue weighted by atomic mass is 32.1. The molecular formula is C59H53BN2OS. The Morgan fingerprint density at radius 2 is 1.20 bits per heavy atom. The fraction of sp³-hybridized carbons (Fsp3) is 0.254. The van der Waals surface area contributed by atoms with Crippen molar-refractivity contribution in [1.82, 2.24) is 4.57 Å². The summed E-state index contributed by atoms with van der Waals surface area (Å²) in [6.07, 6.45) is 0. The molecule has 0 saturated heterocycles. The fourth-order valence-corrected chi connectivity index (χ4v) is 12.8. The quantitative estimate of drug-likeness (QED) is 0.154. The number of rotatable bonds is 1. The number of furan rings is 1. The van der Waals surface area contributed by atoms with Crippen LogP contribution in [0.4, 0.5) is 11.4 Å². The minimum absolute atomic E-state index is 0.0284. The molecule has 314 valence electrons. The third-order valence-corrected chi connectivity index (χ3v) is 16.4. The molecule has 3 aromatic heterocycles. The first kappa shape index (κ1) is 38.4. The van der Waals surface area contributed by atoms with E-state index in [4.69, 9.17) is 4.42 Å². The van der Waals surface area contributed by atoms with Crippen LogP contribution in [0.2, 0.25) is 0 Å². The Hall–Kier alpha value is -6.04. The van der Waals surface area contributed by atoms with E-state index >= 15 is 0 Å². The summed E-state index contributed by atoms with van der Waals surface area (Å²) in [4.78, 5) is 2.64. The first-order chi connectivity index (χ1) is 30.4. The third-order valence-electron chi connectivity index (χ3n) is 15.2. The van der Waals surface area contributed by atoms with Crippen molar-refractivity contribution in [1.29, 1.82) is 0 Å². The van der Waals surface area contributed by atoms with Crippen molar-refractivity contribution in [3.63, 3.8) is 0 Å². The molecule has 5 heteroatoms. The molecule has 0 N–H and O–H groups in total. The summed E-state index contributed by atoms with van der Waals surface area (Å²) in [6, 6.07) is 47.4. The molecule has 0 saturated carbocycles. The lowest BCUT2D eigenvalue weighted by molar-refractivity contribution is 0.584. The molecule has 0 unspecified atom stereocenters. The maximum absolute atomic E-state index is 7.41. The zero-order valence-electron chi connectivity index (χ0n) is 38.8. The minimum Gasteiger partial charge on any atom is -0.466 e. The van der Waals surface area contributed by atoms with Crippen LogP contribution in [0.15, 0.2) is 126 Å². The van der Waals surface area contributed by atoms with Crippen molar-refractivity contribution in [2.75, 3.05) is 4.81 Å². The van der Waals surface area contributed by atoms with Crippen LogP contribution in [-0.4, -0.2) is 11.4 Å². The summed E-state index contributed by atoms with van der Waals surface area (Å²) in [5.41, 5.74) is 21.3. The van der Waals surface area contributed by atoms with E-state index in [0.717, 1.165) is 16.9 Å². The van der Waals surface area contributed by atoms with Gasteiger partial charge in [0.15, 0.2) is 0 Å². The van der Waals surface area contributed by atoms with Crippen molar-refractivity contribution < 1.29 is 4.42 Å². The molecule has 3 aliphatic rings. The second-order valence-electron chi connectivity index (χ2n) is 22.6. The zero-order chi connectivity index (χ0) is 44.1. The van der Waals surface area contributed by atoms with Gasteiger partial charge in [0.2, 0.25) is 0 Å². The van der Waals surface area contributed by atoms with Gasteiger partial charge < -0.3 is 13.8 Å². The van der Waals surface area contributed by atoms with Crippen molar-refractivity contribution in [2.45, 2.75) is 97.8 Å². The van der Waals surface area contributed by atoms with E-state index in [9.17, 15) is 0 Å². The molecular weight excluding hydrogens is 796 g/mol. The van der Waals surface area contributed by atoms with Crippen LogP contribution in [0.3, 0.4) is 0 Å². The fourth-order valence-electron chi connectivity index (χ4n) is 11.7. The third kappa shape index (κ3) is 5.00. The van der Waals surface area contributed by atoms with Gasteiger partial charge in [-0.25, -0.2) is 0 Å². The van der Waals surface area contributed by atoms with E-state index in [-0.39, 0.29) is 28.5 Å². The van der Waals surface area contributed by atoms with Gasteiger partial charge in [-0.15, -0.1) is 11.3 Å². The first-order valence-electron chi connectivity index (χ1n) is 23.1. The van der Waals surface area contributed by atoms with Gasteiger partial charge in [-0.05, 0) is 121 Å². The molecule has 0 bridgehead atoms. The van der Waals surface area contributed by atoms with Gasteiger partial charge in [0.05, 0.1) is 16.7 Å². The predicted molar refractivity (Wildman–Crippen MR) is 276 cm³/mol. The van der Waals surface area contributed by atoms with Crippen molar-refractivity contribution in [3.8, 4) is 27.9 Å². The van der Waals surface area contributed by atoms with Crippen LogP contribution in [0.25, 0.3) is 80.9 Å². The lowest BCUT2D eigenvalue weighted by Crippen LogP contribution is -2.60. The van der Waals surface area contributed by atoms with Gasteiger partial charge in [0.1, 0.15) is 11.2 Å². The Bertz CT molecular complexity index is 3700. The van der Waals surface area contributed by atoms with E-state index in [1.165, 1.54) is 114 Å². The highest BCUT2D eigenvalue weighted by Gasteiger charge is 2.49. The Morgan fingerprint density at radius 3 is 1.95 bits per heavy atom. The summed E-state index contributed by atoms with van der Waals surface area (Å²) in [5.74, 6) is 0. The smallest absolute Gasteiger partial charge is 0.375 e. The molecule has 64 heavy (non-hydrogen) atoms. The average Bonchev–Trinajstić information content (AvgIpc) is 3.97. The molecule has 0 radical (unpaired) electrons. The maximum atomic E-state index is 7.41. The molecule has 0 atom stereocenters. The van der Waals surface area contributed by atoms with E-state index in [1.54, 1.807) is 0 Å². The Labute approximate surface area is 380 Å². The number of benzene rings is 7. The van der Waals surface area contributed by atoms with Gasteiger partial charge >= 0.3 is 6.85 Å². The number of nitrogens with zero attached hydrogens (tertiary/aromatic N) is 2. The second-order valence-corrected chi connectivity index (χ2v) is 23.7. The van der Waals surface area contributed by atoms with Crippen LogP contribution in [0, 0.1) is 0 Å². The normalized spacial score (nSPS) is 15.2. The zero-order valence-corrected chi connectivity index (χ0v) is 39.7. The number of hydrogen-bond donors (Lipinski definition) is 0. The van der Waals surface area contributed by atoms with Crippen molar-refractivity contribution >= 4 is 93.6 Å². The molecule has 13 rings (SSSR count). The number of aromatic nitrogens is 1. The van der Waals surface area contributed by atoms with Crippen molar-refractivity contribution in [2.24, 2.45) is 0 Å². The highest BCUT2D eigenvalue weighted by Crippen LogP contribution is 2.55. The average molecular weight is 849 g/mol. The summed E-state index contributed by atoms with van der Waals surface area (Å²) in [7, 11) is 0. The summed E-state index contributed by atoms with van der Waals surface area (Å²) >= 11 is 1.90. The summed E-state index contributed by atoms with van der Waals surface area (Å²) in [5, 5.41) is 6.37. The topological polar surface area (TPSA) is 21.3 Å². The Kier molecular flexibility index (Phi) is 7.32. The van der Waals surface area contributed by atoms with Crippen LogP contribution >= 0.6 is 11.3 Å². The lowest BCUT2D eigenvalue weighted by Gasteiger charge is -2.41. The van der Waals surface area contributed by atoms with Gasteiger partial charge in [-0.3, -0.25) is 0 Å². The molecule has 2 aliphatic heterocycles. The number of thiophene rings is 1. The minimum atomic E-state index is -0.207. The predicted octanol–water partition coefficient (Wildman–Crippen LogP) is 15.3. The standard InChI is InChI=1S/C59H53BN2OS/c1-56(2,3)32-16-20-35(21-17-32)62-48-29-40-36-22-18-34(58(7,8)9)27-45(36)59(10,11)46(40)28-41(48)38-23-24-39-42-31-51-43(37-14-12-13-15-50(37)64-51)30-47(42)61-53(39)52(38)60(62)55-54(61)44-26-33(57(4,5)6)19-25-49(44)63-55/h12-31H,1-11H3. The van der Waals surface area contributed by atoms with E-state index in [0.29, 0.717) is 0 Å². The molecule has 1 aliphatic carbocycles. The monoisotopic (exact) mass is 848 g/mol. The second kappa shape index (κ2) is 12.2.